The van der Waals surface area contributed by atoms with E-state index >= 15 is 0 Å². The maximum absolute atomic E-state index is 9.52. The first-order valence-corrected chi connectivity index (χ1v) is 6.98. The van der Waals surface area contributed by atoms with E-state index in [1.165, 1.54) is 10.5 Å². The van der Waals surface area contributed by atoms with Crippen molar-refractivity contribution in [2.24, 2.45) is 0 Å². The molecule has 0 aliphatic carbocycles. The summed E-state index contributed by atoms with van der Waals surface area (Å²) in [5.41, 5.74) is 2.02. The van der Waals surface area contributed by atoms with Gasteiger partial charge in [-0.2, -0.15) is 0 Å². The van der Waals surface area contributed by atoms with Gasteiger partial charge in [-0.15, -0.1) is 0 Å². The van der Waals surface area contributed by atoms with Gasteiger partial charge in [0.1, 0.15) is 0 Å². The van der Waals surface area contributed by atoms with Gasteiger partial charge in [0.2, 0.25) is 0 Å². The molecule has 0 aromatic heterocycles. The topological polar surface area (TPSA) is 20.2 Å². The van der Waals surface area contributed by atoms with Crippen LogP contribution in [0.1, 0.15) is 24.2 Å². The molecular formula is C15H15ClOS. The van der Waals surface area contributed by atoms with Crippen LogP contribution in [0.25, 0.3) is 0 Å². The smallest absolute Gasteiger partial charge is 0.0776 e. The SMILES string of the molecule is Cc1ccc(Sc2ccc(C(C)O)c(Cl)c2)cc1. The monoisotopic (exact) mass is 278 g/mol. The summed E-state index contributed by atoms with van der Waals surface area (Å²) in [6, 6.07) is 14.1. The van der Waals surface area contributed by atoms with Crippen LogP contribution in [-0.2, 0) is 0 Å². The molecule has 18 heavy (non-hydrogen) atoms. The van der Waals surface area contributed by atoms with Gasteiger partial charge < -0.3 is 5.11 Å². The predicted molar refractivity (Wildman–Crippen MR) is 77.4 cm³/mol. The summed E-state index contributed by atoms with van der Waals surface area (Å²) in [7, 11) is 0. The first kappa shape index (κ1) is 13.5. The van der Waals surface area contributed by atoms with Crippen molar-refractivity contribution in [3.05, 3.63) is 58.6 Å². The first-order valence-electron chi connectivity index (χ1n) is 5.78. The van der Waals surface area contributed by atoms with E-state index in [0.29, 0.717) is 5.02 Å². The van der Waals surface area contributed by atoms with E-state index in [0.717, 1.165) is 10.5 Å². The predicted octanol–water partition coefficient (Wildman–Crippen LogP) is 4.85. The van der Waals surface area contributed by atoms with Crippen molar-refractivity contribution in [1.29, 1.82) is 0 Å². The largest absolute Gasteiger partial charge is 0.389 e. The second-order valence-electron chi connectivity index (χ2n) is 4.27. The van der Waals surface area contributed by atoms with Crippen LogP contribution < -0.4 is 0 Å². The molecule has 1 nitrogen and oxygen atoms in total. The minimum atomic E-state index is -0.532. The zero-order valence-electron chi connectivity index (χ0n) is 10.4. The van der Waals surface area contributed by atoms with Crippen LogP contribution in [0, 0.1) is 6.92 Å². The highest BCUT2D eigenvalue weighted by Crippen LogP contribution is 2.32. The summed E-state index contributed by atoms with van der Waals surface area (Å²) < 4.78 is 0. The molecule has 2 aromatic carbocycles. The van der Waals surface area contributed by atoms with Crippen LogP contribution in [0.3, 0.4) is 0 Å². The quantitative estimate of drug-likeness (QED) is 0.866. The number of aryl methyl sites for hydroxylation is 1. The molecule has 0 radical (unpaired) electrons. The second-order valence-corrected chi connectivity index (χ2v) is 5.83. The molecule has 1 atom stereocenters. The standard InChI is InChI=1S/C15H15ClOS/c1-10-3-5-12(6-4-10)18-13-7-8-14(11(2)17)15(16)9-13/h3-9,11,17H,1-2H3. The van der Waals surface area contributed by atoms with Crippen molar-refractivity contribution in [3.63, 3.8) is 0 Å². The minimum Gasteiger partial charge on any atom is -0.389 e. The molecule has 0 aliphatic heterocycles. The number of aliphatic hydroxyl groups excluding tert-OH is 1. The van der Waals surface area contributed by atoms with Crippen molar-refractivity contribution in [1.82, 2.24) is 0 Å². The molecule has 2 aromatic rings. The number of hydrogen-bond donors (Lipinski definition) is 1. The Morgan fingerprint density at radius 3 is 2.22 bits per heavy atom. The Kier molecular flexibility index (Phi) is 4.33. The normalized spacial score (nSPS) is 12.4. The van der Waals surface area contributed by atoms with Crippen LogP contribution in [0.2, 0.25) is 5.02 Å². The van der Waals surface area contributed by atoms with Crippen molar-refractivity contribution in [3.8, 4) is 0 Å². The van der Waals surface area contributed by atoms with Gasteiger partial charge in [0.05, 0.1) is 6.10 Å². The van der Waals surface area contributed by atoms with Crippen LogP contribution in [0.5, 0.6) is 0 Å². The van der Waals surface area contributed by atoms with Gasteiger partial charge in [-0.25, -0.2) is 0 Å². The van der Waals surface area contributed by atoms with Crippen LogP contribution >= 0.6 is 23.4 Å². The van der Waals surface area contributed by atoms with Gasteiger partial charge in [0.25, 0.3) is 0 Å². The third-order valence-electron chi connectivity index (χ3n) is 2.68. The maximum atomic E-state index is 9.52. The van der Waals surface area contributed by atoms with E-state index in [1.54, 1.807) is 18.7 Å². The van der Waals surface area contributed by atoms with E-state index < -0.39 is 6.10 Å². The van der Waals surface area contributed by atoms with Crippen molar-refractivity contribution in [2.45, 2.75) is 29.7 Å². The van der Waals surface area contributed by atoms with Crippen LogP contribution in [0.15, 0.2) is 52.3 Å². The van der Waals surface area contributed by atoms with Crippen molar-refractivity contribution >= 4 is 23.4 Å². The summed E-state index contributed by atoms with van der Waals surface area (Å²) in [6.07, 6.45) is -0.532. The molecule has 94 valence electrons. The lowest BCUT2D eigenvalue weighted by Crippen LogP contribution is -1.91. The highest BCUT2D eigenvalue weighted by atomic mass is 35.5. The lowest BCUT2D eigenvalue weighted by molar-refractivity contribution is 0.199. The Bertz CT molecular complexity index is 535. The van der Waals surface area contributed by atoms with Crippen molar-refractivity contribution < 1.29 is 5.11 Å². The Hall–Kier alpha value is -0.960. The fourth-order valence-corrected chi connectivity index (χ4v) is 2.91. The van der Waals surface area contributed by atoms with E-state index in [1.807, 2.05) is 18.2 Å². The third-order valence-corrected chi connectivity index (χ3v) is 4.00. The number of aliphatic hydroxyl groups is 1. The molecular weight excluding hydrogens is 264 g/mol. The number of hydrogen-bond acceptors (Lipinski definition) is 2. The molecule has 0 saturated heterocycles. The van der Waals surface area contributed by atoms with Gasteiger partial charge >= 0.3 is 0 Å². The molecule has 0 heterocycles. The first-order chi connectivity index (χ1) is 8.56. The zero-order valence-corrected chi connectivity index (χ0v) is 11.9. The highest BCUT2D eigenvalue weighted by molar-refractivity contribution is 7.99. The third kappa shape index (κ3) is 3.29. The molecule has 1 N–H and O–H groups in total. The summed E-state index contributed by atoms with van der Waals surface area (Å²) in [4.78, 5) is 2.26. The van der Waals surface area contributed by atoms with Crippen LogP contribution in [0.4, 0.5) is 0 Å². The Balaban J connectivity index is 2.20. The number of benzene rings is 2. The fraction of sp³-hybridized carbons (Fsp3) is 0.200. The van der Waals surface area contributed by atoms with Gasteiger partial charge in [0.15, 0.2) is 0 Å². The molecule has 1 unspecified atom stereocenters. The van der Waals surface area contributed by atoms with E-state index in [2.05, 4.69) is 31.2 Å². The van der Waals surface area contributed by atoms with Crippen molar-refractivity contribution in [2.75, 3.05) is 0 Å². The average Bonchev–Trinajstić information content (AvgIpc) is 2.32. The van der Waals surface area contributed by atoms with Gasteiger partial charge in [-0.3, -0.25) is 0 Å². The van der Waals surface area contributed by atoms with Gasteiger partial charge in [-0.05, 0) is 43.7 Å². The molecule has 0 saturated carbocycles. The summed E-state index contributed by atoms with van der Waals surface area (Å²) in [5, 5.41) is 10.1. The highest BCUT2D eigenvalue weighted by Gasteiger charge is 2.07. The molecule has 0 amide bonds. The van der Waals surface area contributed by atoms with E-state index in [4.69, 9.17) is 11.6 Å². The maximum Gasteiger partial charge on any atom is 0.0776 e. The molecule has 2 rings (SSSR count). The number of halogens is 1. The zero-order chi connectivity index (χ0) is 13.1. The van der Waals surface area contributed by atoms with Gasteiger partial charge in [-0.1, -0.05) is 47.1 Å². The number of rotatable bonds is 3. The second kappa shape index (κ2) is 5.79. The fourth-order valence-electron chi connectivity index (χ4n) is 1.65. The minimum absolute atomic E-state index is 0.532. The lowest BCUT2D eigenvalue weighted by atomic mass is 10.1. The van der Waals surface area contributed by atoms with E-state index in [9.17, 15) is 5.11 Å². The molecule has 3 heteroatoms. The molecule has 0 bridgehead atoms. The molecule has 0 aliphatic rings. The Morgan fingerprint density at radius 1 is 1.06 bits per heavy atom. The summed E-state index contributed by atoms with van der Waals surface area (Å²) in [5.74, 6) is 0. The summed E-state index contributed by atoms with van der Waals surface area (Å²) in [6.45, 7) is 3.79. The molecule has 0 fully saturated rings. The Morgan fingerprint density at radius 2 is 1.67 bits per heavy atom. The lowest BCUT2D eigenvalue weighted by Gasteiger charge is -2.09. The summed E-state index contributed by atoms with van der Waals surface area (Å²) >= 11 is 7.81. The van der Waals surface area contributed by atoms with E-state index in [-0.39, 0.29) is 0 Å². The average molecular weight is 279 g/mol. The Labute approximate surface area is 117 Å². The van der Waals surface area contributed by atoms with Crippen LogP contribution in [-0.4, -0.2) is 5.11 Å². The van der Waals surface area contributed by atoms with Gasteiger partial charge in [0, 0.05) is 14.8 Å². The molecule has 0 spiro atoms.